The Morgan fingerprint density at radius 3 is 2.29 bits per heavy atom. The zero-order valence-electron chi connectivity index (χ0n) is 24.6. The summed E-state index contributed by atoms with van der Waals surface area (Å²) in [4.78, 5) is 16.2. The molecule has 0 amide bonds. The molecule has 4 rings (SSSR count). The molecule has 0 saturated heterocycles. The van der Waals surface area contributed by atoms with E-state index in [1.54, 1.807) is 12.1 Å². The first-order valence-corrected chi connectivity index (χ1v) is 12.7. The zero-order valence-corrected chi connectivity index (χ0v) is 21.4. The summed E-state index contributed by atoms with van der Waals surface area (Å²) >= 11 is 0. The fraction of sp³-hybridized carbons (Fsp3) is 0.231. The van der Waals surface area contributed by atoms with Crippen molar-refractivity contribution in [2.45, 2.75) is 31.1 Å². The van der Waals surface area contributed by atoms with E-state index in [1.807, 2.05) is 20.8 Å². The van der Waals surface area contributed by atoms with Gasteiger partial charge in [-0.15, -0.1) is 0 Å². The van der Waals surface area contributed by atoms with Crippen molar-refractivity contribution in [3.8, 4) is 34.8 Å². The Hall–Kier alpha value is -4.29. The zero-order chi connectivity index (χ0) is 30.9. The number of phenolic OH excluding ortho intramolecular Hbond substituents is 1. The van der Waals surface area contributed by atoms with Crippen LogP contribution in [0, 0.1) is 0 Å². The number of phenols is 1. The third kappa shape index (κ3) is 6.15. The summed E-state index contributed by atoms with van der Waals surface area (Å²) in [5.74, 6) is -3.16. The van der Waals surface area contributed by atoms with Gasteiger partial charge in [-0.05, 0) is 41.3 Å². The standard InChI is InChI=1S/C26H27N5O6S/c1-26(2,3)17-9-11-18(12-10-17)38(34,35)31-22-21(37-20-8-5-4-7-19(20)33)25(36-16-15-32)30-24(29-22)23-27-13-6-14-28-23/h4-14,32-33H,15-16H2,1-3H3,(H,29,30,31)/i15+1D2,16+1D2. The van der Waals surface area contributed by atoms with Gasteiger partial charge in [-0.3, -0.25) is 4.72 Å². The molecular weight excluding hydrogens is 512 g/mol. The number of anilines is 1. The third-order valence-corrected chi connectivity index (χ3v) is 6.49. The largest absolute Gasteiger partial charge is 0.504 e. The van der Waals surface area contributed by atoms with E-state index in [-0.39, 0.29) is 33.5 Å². The Balaban J connectivity index is 1.92. The van der Waals surface area contributed by atoms with Crippen LogP contribution in [0.25, 0.3) is 11.6 Å². The molecule has 12 heteroatoms. The number of hydrogen-bond donors (Lipinski definition) is 3. The lowest BCUT2D eigenvalue weighted by Gasteiger charge is -2.19. The minimum atomic E-state index is -4.38. The summed E-state index contributed by atoms with van der Waals surface area (Å²) < 4.78 is 71.0. The first-order chi connectivity index (χ1) is 19.5. The summed E-state index contributed by atoms with van der Waals surface area (Å²) in [7, 11) is -4.38. The Morgan fingerprint density at radius 1 is 0.974 bits per heavy atom. The van der Waals surface area contributed by atoms with Crippen molar-refractivity contribution in [1.82, 2.24) is 19.9 Å². The number of aromatic nitrogens is 4. The summed E-state index contributed by atoms with van der Waals surface area (Å²) in [6, 6.07) is 13.2. The normalized spacial score (nSPS) is 14.0. The molecule has 0 fully saturated rings. The van der Waals surface area contributed by atoms with E-state index in [4.69, 9.17) is 15.0 Å². The van der Waals surface area contributed by atoms with Gasteiger partial charge in [0, 0.05) is 12.4 Å². The Morgan fingerprint density at radius 2 is 1.66 bits per heavy atom. The van der Waals surface area contributed by atoms with Crippen LogP contribution in [0.15, 0.2) is 71.9 Å². The van der Waals surface area contributed by atoms with E-state index >= 15 is 0 Å². The number of benzene rings is 2. The smallest absolute Gasteiger partial charge is 0.263 e. The second-order valence-corrected chi connectivity index (χ2v) is 10.6. The van der Waals surface area contributed by atoms with Crippen LogP contribution in [0.5, 0.6) is 23.1 Å². The first kappa shape index (κ1) is 21.8. The molecule has 0 aliphatic carbocycles. The van der Waals surface area contributed by atoms with Crippen LogP contribution < -0.4 is 14.2 Å². The van der Waals surface area contributed by atoms with Gasteiger partial charge in [0.2, 0.25) is 11.6 Å². The number of nitrogens with one attached hydrogen (secondary N) is 1. The highest BCUT2D eigenvalue weighted by atomic mass is 32.2. The van der Waals surface area contributed by atoms with E-state index in [0.717, 1.165) is 5.56 Å². The molecule has 2 aromatic carbocycles. The van der Waals surface area contributed by atoms with Gasteiger partial charge in [0.25, 0.3) is 15.9 Å². The Labute approximate surface area is 225 Å². The average Bonchev–Trinajstić information content (AvgIpc) is 2.90. The van der Waals surface area contributed by atoms with Crippen molar-refractivity contribution in [3.63, 3.8) is 0 Å². The molecule has 3 N–H and O–H groups in total. The molecule has 0 spiro atoms. The second-order valence-electron chi connectivity index (χ2n) is 8.87. The van der Waals surface area contributed by atoms with Crippen LogP contribution in [0.1, 0.15) is 31.8 Å². The highest BCUT2D eigenvalue weighted by Gasteiger charge is 2.26. The maximum Gasteiger partial charge on any atom is 0.263 e. The van der Waals surface area contributed by atoms with Crippen molar-refractivity contribution in [2.75, 3.05) is 17.8 Å². The lowest BCUT2D eigenvalue weighted by atomic mass is 9.87. The lowest BCUT2D eigenvalue weighted by molar-refractivity contribution is 0.192. The number of hydrogen-bond acceptors (Lipinski definition) is 10. The van der Waals surface area contributed by atoms with E-state index in [2.05, 4.69) is 24.7 Å². The molecule has 0 atom stereocenters. The Bertz CT molecular complexity index is 1680. The summed E-state index contributed by atoms with van der Waals surface area (Å²) in [5.41, 5.74) is 0.640. The molecule has 2 aromatic heterocycles. The second kappa shape index (κ2) is 11.0. The molecule has 0 saturated carbocycles. The highest BCUT2D eigenvalue weighted by molar-refractivity contribution is 7.92. The van der Waals surface area contributed by atoms with Gasteiger partial charge in [0.05, 0.1) is 16.9 Å². The van der Waals surface area contributed by atoms with Crippen molar-refractivity contribution >= 4 is 15.8 Å². The fourth-order valence-corrected chi connectivity index (χ4v) is 4.22. The predicted octanol–water partition coefficient (Wildman–Crippen LogP) is 3.90. The van der Waals surface area contributed by atoms with Gasteiger partial charge in [-0.25, -0.2) is 23.4 Å². The van der Waals surface area contributed by atoms with E-state index in [0.29, 0.717) is 0 Å². The van der Waals surface area contributed by atoms with Gasteiger partial charge in [0.1, 0.15) is 6.56 Å². The molecule has 0 radical (unpaired) electrons. The fourth-order valence-electron chi connectivity index (χ4n) is 3.22. The van der Waals surface area contributed by atoms with Gasteiger partial charge in [0.15, 0.2) is 23.1 Å². The molecular formula is C26H27N5O6S. The van der Waals surface area contributed by atoms with Crippen LogP contribution in [0.3, 0.4) is 0 Å². The van der Waals surface area contributed by atoms with E-state index in [1.165, 1.54) is 54.9 Å². The van der Waals surface area contributed by atoms with Crippen LogP contribution >= 0.6 is 0 Å². The molecule has 2 heterocycles. The molecule has 0 bridgehead atoms. The lowest BCUT2D eigenvalue weighted by Crippen LogP contribution is -2.17. The van der Waals surface area contributed by atoms with Crippen LogP contribution in [0.2, 0.25) is 0 Å². The van der Waals surface area contributed by atoms with E-state index < -0.39 is 40.6 Å². The summed E-state index contributed by atoms with van der Waals surface area (Å²) in [6.07, 6.45) is 2.70. The van der Waals surface area contributed by atoms with Gasteiger partial charge in [-0.1, -0.05) is 45.0 Å². The minimum Gasteiger partial charge on any atom is -0.504 e. The maximum atomic E-state index is 13.5. The number of ether oxygens (including phenoxy) is 2. The number of rotatable bonds is 9. The average molecular weight is 544 g/mol. The predicted molar refractivity (Wildman–Crippen MR) is 140 cm³/mol. The summed E-state index contributed by atoms with van der Waals surface area (Å²) in [6.45, 7) is -1.05. The highest BCUT2D eigenvalue weighted by Crippen LogP contribution is 2.41. The minimum absolute atomic E-state index is 0.126. The SMILES string of the molecule is [2H][13C]([2H])(O)[13C]([2H])([2H])Oc1nc(-c2ncccn2)nc(NS(=O)(=O)c2ccc(C(C)(C)C)cc2)c1Oc1ccccc1O. The number of nitrogens with zero attached hydrogens (tertiary/aromatic N) is 4. The number of aliphatic hydroxyl groups is 1. The van der Waals surface area contributed by atoms with Gasteiger partial charge < -0.3 is 19.7 Å². The maximum absolute atomic E-state index is 13.5. The van der Waals surface area contributed by atoms with Crippen molar-refractivity contribution in [2.24, 2.45) is 0 Å². The molecule has 0 aliphatic heterocycles. The van der Waals surface area contributed by atoms with Crippen LogP contribution in [0.4, 0.5) is 5.82 Å². The van der Waals surface area contributed by atoms with Crippen molar-refractivity contribution in [3.05, 3.63) is 72.6 Å². The Kier molecular flexibility index (Phi) is 6.29. The van der Waals surface area contributed by atoms with Crippen LogP contribution in [-0.4, -0.2) is 51.7 Å². The molecule has 0 aliphatic rings. The van der Waals surface area contributed by atoms with Crippen LogP contribution in [-0.2, 0) is 15.4 Å². The number of para-hydroxylation sites is 2. The van der Waals surface area contributed by atoms with Crippen molar-refractivity contribution in [1.29, 1.82) is 0 Å². The summed E-state index contributed by atoms with van der Waals surface area (Å²) in [5, 5.41) is 20.1. The molecule has 0 unspecified atom stereocenters. The third-order valence-electron chi connectivity index (χ3n) is 5.13. The molecule has 38 heavy (non-hydrogen) atoms. The quantitative estimate of drug-likeness (QED) is 0.265. The molecule has 11 nitrogen and oxygen atoms in total. The van der Waals surface area contributed by atoms with E-state index in [9.17, 15) is 18.6 Å². The van der Waals surface area contributed by atoms with Gasteiger partial charge >= 0.3 is 0 Å². The topological polar surface area (TPSA) is 157 Å². The molecule has 198 valence electrons. The monoisotopic (exact) mass is 543 g/mol. The van der Waals surface area contributed by atoms with Gasteiger partial charge in [-0.2, -0.15) is 4.98 Å². The number of aromatic hydroxyl groups is 1. The molecule has 4 aromatic rings. The number of sulfonamides is 1. The van der Waals surface area contributed by atoms with Crippen molar-refractivity contribution < 1.29 is 33.6 Å². The first-order valence-electron chi connectivity index (χ1n) is 13.2.